The average molecular weight is 316 g/mol. The second kappa shape index (κ2) is 6.50. The number of aromatic nitrogens is 4. The molecule has 3 aromatic heterocycles. The van der Waals surface area contributed by atoms with Gasteiger partial charge in [-0.05, 0) is 36.4 Å². The summed E-state index contributed by atoms with van der Waals surface area (Å²) in [7, 11) is 0. The lowest BCUT2D eigenvalue weighted by Gasteiger charge is -2.08. The summed E-state index contributed by atoms with van der Waals surface area (Å²) in [6.45, 7) is 1.30. The molecular weight excluding hydrogens is 300 g/mol. The molecule has 4 rings (SSSR count). The Morgan fingerprint density at radius 1 is 0.833 bits per heavy atom. The van der Waals surface area contributed by atoms with Gasteiger partial charge >= 0.3 is 0 Å². The smallest absolute Gasteiger partial charge is 0.137 e. The van der Waals surface area contributed by atoms with Crippen molar-refractivity contribution in [1.29, 1.82) is 0 Å². The third-order valence-electron chi connectivity index (χ3n) is 3.79. The Bertz CT molecular complexity index is 932. The van der Waals surface area contributed by atoms with Crippen molar-refractivity contribution in [3.05, 3.63) is 73.3 Å². The third kappa shape index (κ3) is 2.96. The van der Waals surface area contributed by atoms with E-state index >= 15 is 0 Å². The minimum absolute atomic E-state index is 0.560. The molecule has 3 heterocycles. The molecule has 0 unspecified atom stereocenters. The van der Waals surface area contributed by atoms with E-state index in [0.29, 0.717) is 6.61 Å². The van der Waals surface area contributed by atoms with Gasteiger partial charge in [-0.1, -0.05) is 18.2 Å². The van der Waals surface area contributed by atoms with Crippen molar-refractivity contribution in [1.82, 2.24) is 19.5 Å². The van der Waals surface area contributed by atoms with Crippen LogP contribution in [0.2, 0.25) is 0 Å². The summed E-state index contributed by atoms with van der Waals surface area (Å²) in [4.78, 5) is 13.1. The first kappa shape index (κ1) is 14.4. The van der Waals surface area contributed by atoms with E-state index in [1.54, 1.807) is 12.4 Å². The van der Waals surface area contributed by atoms with Gasteiger partial charge in [-0.25, -0.2) is 4.98 Å². The van der Waals surface area contributed by atoms with E-state index in [-0.39, 0.29) is 0 Å². The van der Waals surface area contributed by atoms with Gasteiger partial charge in [0.2, 0.25) is 0 Å². The highest BCUT2D eigenvalue weighted by Crippen LogP contribution is 2.17. The lowest BCUT2D eigenvalue weighted by Crippen LogP contribution is -2.07. The van der Waals surface area contributed by atoms with Gasteiger partial charge in [0.15, 0.2) is 0 Å². The monoisotopic (exact) mass is 316 g/mol. The molecule has 0 saturated carbocycles. The van der Waals surface area contributed by atoms with Crippen LogP contribution < -0.4 is 4.74 Å². The van der Waals surface area contributed by atoms with Crippen LogP contribution in [0, 0.1) is 0 Å². The minimum atomic E-state index is 0.560. The Balaban J connectivity index is 1.39. The molecule has 0 bridgehead atoms. The zero-order valence-corrected chi connectivity index (χ0v) is 13.0. The van der Waals surface area contributed by atoms with Crippen LogP contribution in [-0.4, -0.2) is 26.1 Å². The molecule has 0 spiro atoms. The molecule has 0 saturated heterocycles. The fourth-order valence-corrected chi connectivity index (χ4v) is 2.58. The molecule has 0 atom stereocenters. The molecule has 0 radical (unpaired) electrons. The number of benzene rings is 1. The fraction of sp³-hybridized carbons (Fsp3) is 0.105. The Kier molecular flexibility index (Phi) is 3.90. The van der Waals surface area contributed by atoms with Crippen LogP contribution in [0.3, 0.4) is 0 Å². The molecule has 4 aromatic rings. The van der Waals surface area contributed by atoms with Gasteiger partial charge in [-0.15, -0.1) is 0 Å². The van der Waals surface area contributed by atoms with Crippen molar-refractivity contribution in [3.8, 4) is 17.1 Å². The molecule has 24 heavy (non-hydrogen) atoms. The Labute approximate surface area is 139 Å². The first-order valence-corrected chi connectivity index (χ1v) is 7.80. The maximum Gasteiger partial charge on any atom is 0.137 e. The van der Waals surface area contributed by atoms with Crippen LogP contribution in [0.4, 0.5) is 0 Å². The molecule has 0 N–H and O–H groups in total. The molecule has 118 valence electrons. The zero-order valence-electron chi connectivity index (χ0n) is 13.0. The van der Waals surface area contributed by atoms with Gasteiger partial charge in [0.25, 0.3) is 0 Å². The topological polar surface area (TPSA) is 52.8 Å². The summed E-state index contributed by atoms with van der Waals surface area (Å²) in [6, 6.07) is 17.7. The van der Waals surface area contributed by atoms with E-state index in [1.807, 2.05) is 54.9 Å². The summed E-state index contributed by atoms with van der Waals surface area (Å²) >= 11 is 0. The number of hydrogen-bond acceptors (Lipinski definition) is 4. The summed E-state index contributed by atoms with van der Waals surface area (Å²) in [5.74, 6) is 0.749. The SMILES string of the molecule is c1ccc(-c2ccc(OCCn3cnc4ccccc43)cn2)nc1. The van der Waals surface area contributed by atoms with Crippen molar-refractivity contribution in [2.24, 2.45) is 0 Å². The van der Waals surface area contributed by atoms with Gasteiger partial charge in [0.05, 0.1) is 41.5 Å². The number of pyridine rings is 2. The van der Waals surface area contributed by atoms with E-state index in [1.165, 1.54) is 0 Å². The first-order valence-electron chi connectivity index (χ1n) is 7.80. The number of nitrogens with zero attached hydrogens (tertiary/aromatic N) is 4. The van der Waals surface area contributed by atoms with Crippen molar-refractivity contribution in [2.45, 2.75) is 6.54 Å². The standard InChI is InChI=1S/C19H16N4O/c1-2-7-19-18(6-1)22-14-23(19)11-12-24-15-8-9-17(21-13-15)16-5-3-4-10-20-16/h1-10,13-14H,11-12H2. The molecule has 0 aliphatic heterocycles. The average Bonchev–Trinajstić information content (AvgIpc) is 3.06. The van der Waals surface area contributed by atoms with Crippen molar-refractivity contribution >= 4 is 11.0 Å². The number of para-hydroxylation sites is 2. The van der Waals surface area contributed by atoms with E-state index in [0.717, 1.165) is 34.7 Å². The van der Waals surface area contributed by atoms with Crippen molar-refractivity contribution in [3.63, 3.8) is 0 Å². The summed E-state index contributed by atoms with van der Waals surface area (Å²) < 4.78 is 7.88. The predicted molar refractivity (Wildman–Crippen MR) is 92.7 cm³/mol. The second-order valence-corrected chi connectivity index (χ2v) is 5.37. The highest BCUT2D eigenvalue weighted by Gasteiger charge is 2.03. The van der Waals surface area contributed by atoms with Crippen LogP contribution in [0.5, 0.6) is 5.75 Å². The molecule has 0 amide bonds. The summed E-state index contributed by atoms with van der Waals surface area (Å²) in [5.41, 5.74) is 3.81. The molecule has 0 aliphatic rings. The number of imidazole rings is 1. The highest BCUT2D eigenvalue weighted by atomic mass is 16.5. The molecule has 1 aromatic carbocycles. The molecule has 0 fully saturated rings. The van der Waals surface area contributed by atoms with Crippen LogP contribution in [0.1, 0.15) is 0 Å². The Hall–Kier alpha value is -3.21. The second-order valence-electron chi connectivity index (χ2n) is 5.37. The lowest BCUT2D eigenvalue weighted by molar-refractivity contribution is 0.299. The normalized spacial score (nSPS) is 10.8. The van der Waals surface area contributed by atoms with E-state index in [2.05, 4.69) is 25.6 Å². The third-order valence-corrected chi connectivity index (χ3v) is 3.79. The van der Waals surface area contributed by atoms with Gasteiger partial charge in [-0.3, -0.25) is 9.97 Å². The largest absolute Gasteiger partial charge is 0.490 e. The quantitative estimate of drug-likeness (QED) is 0.565. The number of ether oxygens (including phenoxy) is 1. The number of fused-ring (bicyclic) bond motifs is 1. The van der Waals surface area contributed by atoms with E-state index in [9.17, 15) is 0 Å². The number of rotatable bonds is 5. The number of hydrogen-bond donors (Lipinski definition) is 0. The summed E-state index contributed by atoms with van der Waals surface area (Å²) in [5, 5.41) is 0. The molecule has 5 nitrogen and oxygen atoms in total. The molecular formula is C19H16N4O. The Morgan fingerprint density at radius 3 is 2.54 bits per heavy atom. The van der Waals surface area contributed by atoms with Gasteiger partial charge < -0.3 is 9.30 Å². The maximum atomic E-state index is 5.79. The van der Waals surface area contributed by atoms with Crippen LogP contribution in [0.25, 0.3) is 22.4 Å². The van der Waals surface area contributed by atoms with E-state index < -0.39 is 0 Å². The highest BCUT2D eigenvalue weighted by molar-refractivity contribution is 5.74. The Morgan fingerprint density at radius 2 is 1.71 bits per heavy atom. The van der Waals surface area contributed by atoms with Gasteiger partial charge in [-0.2, -0.15) is 0 Å². The van der Waals surface area contributed by atoms with Gasteiger partial charge in [0.1, 0.15) is 12.4 Å². The molecule has 5 heteroatoms. The van der Waals surface area contributed by atoms with Crippen molar-refractivity contribution < 1.29 is 4.74 Å². The van der Waals surface area contributed by atoms with E-state index in [4.69, 9.17) is 4.74 Å². The van der Waals surface area contributed by atoms with Crippen LogP contribution in [0.15, 0.2) is 73.3 Å². The zero-order chi connectivity index (χ0) is 16.2. The predicted octanol–water partition coefficient (Wildman–Crippen LogP) is 3.57. The molecule has 0 aliphatic carbocycles. The van der Waals surface area contributed by atoms with Crippen molar-refractivity contribution in [2.75, 3.05) is 6.61 Å². The van der Waals surface area contributed by atoms with Gasteiger partial charge in [0, 0.05) is 6.20 Å². The van der Waals surface area contributed by atoms with Crippen LogP contribution >= 0.6 is 0 Å². The lowest BCUT2D eigenvalue weighted by atomic mass is 10.2. The first-order chi connectivity index (χ1) is 11.9. The summed E-state index contributed by atoms with van der Waals surface area (Å²) in [6.07, 6.45) is 5.34. The minimum Gasteiger partial charge on any atom is -0.490 e. The maximum absolute atomic E-state index is 5.79. The fourth-order valence-electron chi connectivity index (χ4n) is 2.58. The van der Waals surface area contributed by atoms with Crippen LogP contribution in [-0.2, 0) is 6.54 Å².